The molecule has 0 aliphatic rings. The molecule has 2 unspecified atom stereocenters. The van der Waals surface area contributed by atoms with Crippen molar-refractivity contribution >= 4 is 0 Å². The van der Waals surface area contributed by atoms with Crippen LogP contribution in [0.1, 0.15) is 20.3 Å². The lowest BCUT2D eigenvalue weighted by atomic mass is 10.1. The molecular weight excluding hydrogens is 204 g/mol. The summed E-state index contributed by atoms with van der Waals surface area (Å²) < 4.78 is 11.2. The standard InChI is InChI=1S/C13H20O3/c1-3-11(2)13(15-10-9-14)16-12-7-5-4-6-8-12/h4-8,11,13-14H,3,9-10H2,1-2H3. The van der Waals surface area contributed by atoms with E-state index in [4.69, 9.17) is 14.6 Å². The summed E-state index contributed by atoms with van der Waals surface area (Å²) in [7, 11) is 0. The Labute approximate surface area is 97.0 Å². The first kappa shape index (κ1) is 13.0. The maximum absolute atomic E-state index is 8.76. The molecule has 0 radical (unpaired) electrons. The van der Waals surface area contributed by atoms with Crippen LogP contribution < -0.4 is 4.74 Å². The Balaban J connectivity index is 2.56. The van der Waals surface area contributed by atoms with Gasteiger partial charge in [0, 0.05) is 5.92 Å². The number of hydrogen-bond acceptors (Lipinski definition) is 3. The van der Waals surface area contributed by atoms with E-state index in [1.807, 2.05) is 30.3 Å². The van der Waals surface area contributed by atoms with Gasteiger partial charge >= 0.3 is 0 Å². The van der Waals surface area contributed by atoms with Crippen LogP contribution in [0.15, 0.2) is 30.3 Å². The maximum atomic E-state index is 8.76. The summed E-state index contributed by atoms with van der Waals surface area (Å²) in [5, 5.41) is 8.76. The Kier molecular flexibility index (Phi) is 5.90. The molecule has 3 nitrogen and oxygen atoms in total. The monoisotopic (exact) mass is 224 g/mol. The number of hydrogen-bond donors (Lipinski definition) is 1. The molecule has 0 aliphatic carbocycles. The molecule has 0 saturated carbocycles. The predicted octanol–water partition coefficient (Wildman–Crippen LogP) is 2.45. The summed E-state index contributed by atoms with van der Waals surface area (Å²) >= 11 is 0. The third kappa shape index (κ3) is 4.21. The fraction of sp³-hybridized carbons (Fsp3) is 0.538. The molecule has 0 aromatic heterocycles. The summed E-state index contributed by atoms with van der Waals surface area (Å²) in [6, 6.07) is 9.60. The SMILES string of the molecule is CCC(C)C(OCCO)Oc1ccccc1. The van der Waals surface area contributed by atoms with Crippen LogP contribution in [0.2, 0.25) is 0 Å². The molecule has 0 fully saturated rings. The van der Waals surface area contributed by atoms with Crippen LogP contribution in [-0.2, 0) is 4.74 Å². The summed E-state index contributed by atoms with van der Waals surface area (Å²) in [6.45, 7) is 4.49. The van der Waals surface area contributed by atoms with E-state index in [-0.39, 0.29) is 12.9 Å². The van der Waals surface area contributed by atoms with Gasteiger partial charge in [0.1, 0.15) is 5.75 Å². The normalized spacial score (nSPS) is 14.4. The van der Waals surface area contributed by atoms with Crippen LogP contribution in [0.4, 0.5) is 0 Å². The summed E-state index contributed by atoms with van der Waals surface area (Å²) in [6.07, 6.45) is 0.683. The average molecular weight is 224 g/mol. The molecule has 0 amide bonds. The number of benzene rings is 1. The van der Waals surface area contributed by atoms with Gasteiger partial charge in [0.15, 0.2) is 0 Å². The van der Waals surface area contributed by atoms with Crippen LogP contribution >= 0.6 is 0 Å². The van der Waals surface area contributed by atoms with Gasteiger partial charge < -0.3 is 14.6 Å². The van der Waals surface area contributed by atoms with E-state index < -0.39 is 0 Å². The van der Waals surface area contributed by atoms with Gasteiger partial charge in [-0.05, 0) is 18.6 Å². The maximum Gasteiger partial charge on any atom is 0.202 e. The topological polar surface area (TPSA) is 38.7 Å². The van der Waals surface area contributed by atoms with E-state index >= 15 is 0 Å². The molecule has 0 saturated heterocycles. The van der Waals surface area contributed by atoms with Crippen molar-refractivity contribution in [3.05, 3.63) is 30.3 Å². The molecule has 90 valence electrons. The van der Waals surface area contributed by atoms with Gasteiger partial charge in [-0.25, -0.2) is 0 Å². The summed E-state index contributed by atoms with van der Waals surface area (Å²) in [5.74, 6) is 1.09. The van der Waals surface area contributed by atoms with Crippen molar-refractivity contribution < 1.29 is 14.6 Å². The van der Waals surface area contributed by atoms with Gasteiger partial charge in [0.2, 0.25) is 6.29 Å². The number of aliphatic hydroxyl groups excluding tert-OH is 1. The Morgan fingerprint density at radius 1 is 1.25 bits per heavy atom. The zero-order chi connectivity index (χ0) is 11.8. The van der Waals surface area contributed by atoms with Crippen LogP contribution in [0.5, 0.6) is 5.75 Å². The van der Waals surface area contributed by atoms with Crippen LogP contribution in [-0.4, -0.2) is 24.6 Å². The lowest BCUT2D eigenvalue weighted by Gasteiger charge is -2.24. The second-order valence-corrected chi connectivity index (χ2v) is 3.78. The molecule has 2 atom stereocenters. The van der Waals surface area contributed by atoms with Gasteiger partial charge in [0.05, 0.1) is 13.2 Å². The van der Waals surface area contributed by atoms with Gasteiger partial charge in [-0.2, -0.15) is 0 Å². The second-order valence-electron chi connectivity index (χ2n) is 3.78. The van der Waals surface area contributed by atoms with Crippen molar-refractivity contribution in [1.82, 2.24) is 0 Å². The van der Waals surface area contributed by atoms with E-state index in [9.17, 15) is 0 Å². The predicted molar refractivity (Wildman–Crippen MR) is 63.4 cm³/mol. The van der Waals surface area contributed by atoms with E-state index in [0.29, 0.717) is 12.5 Å². The molecule has 0 bridgehead atoms. The van der Waals surface area contributed by atoms with Gasteiger partial charge in [-0.3, -0.25) is 0 Å². The van der Waals surface area contributed by atoms with Crippen molar-refractivity contribution in [3.8, 4) is 5.75 Å². The minimum Gasteiger partial charge on any atom is -0.465 e. The molecule has 16 heavy (non-hydrogen) atoms. The first-order valence-corrected chi connectivity index (χ1v) is 5.72. The highest BCUT2D eigenvalue weighted by Crippen LogP contribution is 2.18. The molecule has 0 heterocycles. The minimum atomic E-state index is -0.292. The second kappa shape index (κ2) is 7.25. The lowest BCUT2D eigenvalue weighted by molar-refractivity contribution is -0.119. The molecule has 1 rings (SSSR count). The quantitative estimate of drug-likeness (QED) is 0.723. The van der Waals surface area contributed by atoms with E-state index in [0.717, 1.165) is 12.2 Å². The van der Waals surface area contributed by atoms with Crippen LogP contribution in [0.3, 0.4) is 0 Å². The average Bonchev–Trinajstić information content (AvgIpc) is 2.34. The highest BCUT2D eigenvalue weighted by atomic mass is 16.7. The van der Waals surface area contributed by atoms with Gasteiger partial charge in [-0.15, -0.1) is 0 Å². The molecule has 0 aliphatic heterocycles. The van der Waals surface area contributed by atoms with Crippen molar-refractivity contribution in [3.63, 3.8) is 0 Å². The highest BCUT2D eigenvalue weighted by molar-refractivity contribution is 5.21. The third-order valence-corrected chi connectivity index (χ3v) is 2.48. The molecule has 3 heteroatoms. The molecular formula is C13H20O3. The number of para-hydroxylation sites is 1. The first-order valence-electron chi connectivity index (χ1n) is 5.72. The molecule has 1 N–H and O–H groups in total. The zero-order valence-electron chi connectivity index (χ0n) is 9.93. The summed E-state index contributed by atoms with van der Waals surface area (Å²) in [4.78, 5) is 0. The highest BCUT2D eigenvalue weighted by Gasteiger charge is 2.17. The van der Waals surface area contributed by atoms with Gasteiger partial charge in [-0.1, -0.05) is 32.0 Å². The Morgan fingerprint density at radius 2 is 1.94 bits per heavy atom. The lowest BCUT2D eigenvalue weighted by Crippen LogP contribution is -2.29. The van der Waals surface area contributed by atoms with Crippen LogP contribution in [0, 0.1) is 5.92 Å². The Hall–Kier alpha value is -1.06. The van der Waals surface area contributed by atoms with Crippen molar-refractivity contribution in [2.45, 2.75) is 26.6 Å². The smallest absolute Gasteiger partial charge is 0.202 e. The third-order valence-electron chi connectivity index (χ3n) is 2.48. The van der Waals surface area contributed by atoms with E-state index in [2.05, 4.69) is 13.8 Å². The molecule has 0 spiro atoms. The fourth-order valence-corrected chi connectivity index (χ4v) is 1.31. The summed E-state index contributed by atoms with van der Waals surface area (Å²) in [5.41, 5.74) is 0. The number of ether oxygens (including phenoxy) is 2. The fourth-order valence-electron chi connectivity index (χ4n) is 1.31. The number of aliphatic hydroxyl groups is 1. The van der Waals surface area contributed by atoms with Crippen molar-refractivity contribution in [2.24, 2.45) is 5.92 Å². The van der Waals surface area contributed by atoms with Gasteiger partial charge in [0.25, 0.3) is 0 Å². The molecule has 1 aromatic carbocycles. The minimum absolute atomic E-state index is 0.0189. The Morgan fingerprint density at radius 3 is 2.50 bits per heavy atom. The van der Waals surface area contributed by atoms with Crippen molar-refractivity contribution in [1.29, 1.82) is 0 Å². The number of rotatable bonds is 7. The van der Waals surface area contributed by atoms with E-state index in [1.165, 1.54) is 0 Å². The Bertz CT molecular complexity index is 274. The van der Waals surface area contributed by atoms with Crippen molar-refractivity contribution in [2.75, 3.05) is 13.2 Å². The first-order chi connectivity index (χ1) is 7.77. The molecule has 1 aromatic rings. The largest absolute Gasteiger partial charge is 0.465 e. The van der Waals surface area contributed by atoms with Crippen LogP contribution in [0.25, 0.3) is 0 Å². The zero-order valence-corrected chi connectivity index (χ0v) is 9.93. The van der Waals surface area contributed by atoms with E-state index in [1.54, 1.807) is 0 Å².